The summed E-state index contributed by atoms with van der Waals surface area (Å²) in [6, 6.07) is 4.06. The van der Waals surface area contributed by atoms with Crippen molar-refractivity contribution in [2.24, 2.45) is 0 Å². The van der Waals surface area contributed by atoms with E-state index in [1.54, 1.807) is 12.0 Å². The van der Waals surface area contributed by atoms with E-state index in [-0.39, 0.29) is 23.4 Å². The standard InChI is InChI=1S/C15H19F3N2O3/c1-22-11-4-6-20(7-5-11)14(21)10-2-3-13(12(19)8-10)23-9-15(16,17)18/h2-3,8,11H,4-7,9,19H2,1H3. The van der Waals surface area contributed by atoms with Crippen LogP contribution in [0.25, 0.3) is 0 Å². The lowest BCUT2D eigenvalue weighted by molar-refractivity contribution is -0.153. The molecule has 5 nitrogen and oxygen atoms in total. The Hall–Kier alpha value is -1.96. The van der Waals surface area contributed by atoms with Gasteiger partial charge in [0, 0.05) is 25.8 Å². The third kappa shape index (κ3) is 4.75. The first-order valence-electron chi connectivity index (χ1n) is 7.21. The molecule has 1 aliphatic rings. The van der Waals surface area contributed by atoms with Gasteiger partial charge < -0.3 is 20.1 Å². The lowest BCUT2D eigenvalue weighted by Crippen LogP contribution is -2.40. The number of nitrogen functional groups attached to an aromatic ring is 1. The molecule has 2 rings (SSSR count). The van der Waals surface area contributed by atoms with E-state index in [0.29, 0.717) is 18.7 Å². The molecule has 0 unspecified atom stereocenters. The molecule has 0 saturated carbocycles. The quantitative estimate of drug-likeness (QED) is 0.860. The van der Waals surface area contributed by atoms with E-state index in [1.165, 1.54) is 18.2 Å². The predicted molar refractivity (Wildman–Crippen MR) is 78.3 cm³/mol. The summed E-state index contributed by atoms with van der Waals surface area (Å²) in [4.78, 5) is 14.1. The molecule has 1 aromatic carbocycles. The summed E-state index contributed by atoms with van der Waals surface area (Å²) >= 11 is 0. The molecule has 2 N–H and O–H groups in total. The average Bonchev–Trinajstić information content (AvgIpc) is 2.52. The van der Waals surface area contributed by atoms with Crippen molar-refractivity contribution >= 4 is 11.6 Å². The summed E-state index contributed by atoms with van der Waals surface area (Å²) in [6.07, 6.45) is -2.77. The smallest absolute Gasteiger partial charge is 0.422 e. The Bertz CT molecular complexity index is 555. The second kappa shape index (κ2) is 7.08. The first kappa shape index (κ1) is 17.4. The van der Waals surface area contributed by atoms with Crippen LogP contribution in [0.1, 0.15) is 23.2 Å². The van der Waals surface area contributed by atoms with Gasteiger partial charge in [0.15, 0.2) is 6.61 Å². The van der Waals surface area contributed by atoms with Gasteiger partial charge in [-0.05, 0) is 31.0 Å². The molecular weight excluding hydrogens is 313 g/mol. The van der Waals surface area contributed by atoms with Crippen LogP contribution in [0.2, 0.25) is 0 Å². The van der Waals surface area contributed by atoms with Crippen molar-refractivity contribution in [1.29, 1.82) is 0 Å². The number of halogens is 3. The van der Waals surface area contributed by atoms with Crippen LogP contribution in [0.5, 0.6) is 5.75 Å². The summed E-state index contributed by atoms with van der Waals surface area (Å²) in [6.45, 7) is -0.276. The number of ether oxygens (including phenoxy) is 2. The average molecular weight is 332 g/mol. The normalized spacial score (nSPS) is 16.4. The Morgan fingerprint density at radius 2 is 2.00 bits per heavy atom. The van der Waals surface area contributed by atoms with Gasteiger partial charge in [0.05, 0.1) is 11.8 Å². The molecule has 1 fully saturated rings. The summed E-state index contributed by atoms with van der Waals surface area (Å²) in [7, 11) is 1.64. The van der Waals surface area contributed by atoms with E-state index < -0.39 is 12.8 Å². The maximum atomic E-state index is 12.4. The fraction of sp³-hybridized carbons (Fsp3) is 0.533. The van der Waals surface area contributed by atoms with E-state index in [2.05, 4.69) is 4.74 Å². The highest BCUT2D eigenvalue weighted by atomic mass is 19.4. The molecule has 1 aromatic rings. The van der Waals surface area contributed by atoms with Gasteiger partial charge in [-0.25, -0.2) is 0 Å². The Balaban J connectivity index is 2.01. The molecule has 1 amide bonds. The summed E-state index contributed by atoms with van der Waals surface area (Å²) in [5.74, 6) is -0.286. The zero-order valence-electron chi connectivity index (χ0n) is 12.7. The second-order valence-corrected chi connectivity index (χ2v) is 5.38. The molecule has 8 heteroatoms. The Labute approximate surface area is 132 Å². The van der Waals surface area contributed by atoms with E-state index in [9.17, 15) is 18.0 Å². The number of nitrogens with two attached hydrogens (primary N) is 1. The van der Waals surface area contributed by atoms with Crippen molar-refractivity contribution < 1.29 is 27.4 Å². The van der Waals surface area contributed by atoms with Gasteiger partial charge in [-0.2, -0.15) is 13.2 Å². The van der Waals surface area contributed by atoms with Gasteiger partial charge >= 0.3 is 6.18 Å². The highest BCUT2D eigenvalue weighted by Gasteiger charge is 2.29. The monoisotopic (exact) mass is 332 g/mol. The highest BCUT2D eigenvalue weighted by molar-refractivity contribution is 5.95. The summed E-state index contributed by atoms with van der Waals surface area (Å²) in [5, 5.41) is 0. The maximum Gasteiger partial charge on any atom is 0.422 e. The van der Waals surface area contributed by atoms with Crippen molar-refractivity contribution in [1.82, 2.24) is 4.90 Å². The topological polar surface area (TPSA) is 64.8 Å². The molecule has 1 aliphatic heterocycles. The van der Waals surface area contributed by atoms with Crippen LogP contribution < -0.4 is 10.5 Å². The molecule has 0 aromatic heterocycles. The molecule has 0 spiro atoms. The molecular formula is C15H19F3N2O3. The third-order valence-corrected chi connectivity index (χ3v) is 3.71. The molecule has 0 aliphatic carbocycles. The Kier molecular flexibility index (Phi) is 5.35. The zero-order chi connectivity index (χ0) is 17.0. The number of hydrogen-bond donors (Lipinski definition) is 1. The molecule has 23 heavy (non-hydrogen) atoms. The van der Waals surface area contributed by atoms with Crippen LogP contribution >= 0.6 is 0 Å². The number of rotatable bonds is 4. The Morgan fingerprint density at radius 3 is 2.52 bits per heavy atom. The van der Waals surface area contributed by atoms with Crippen LogP contribution in [0.4, 0.5) is 18.9 Å². The minimum absolute atomic E-state index is 0.00637. The Morgan fingerprint density at radius 1 is 1.35 bits per heavy atom. The maximum absolute atomic E-state index is 12.4. The number of methoxy groups -OCH3 is 1. The van der Waals surface area contributed by atoms with Crippen molar-refractivity contribution in [3.63, 3.8) is 0 Å². The van der Waals surface area contributed by atoms with Gasteiger partial charge in [0.25, 0.3) is 5.91 Å². The van der Waals surface area contributed by atoms with Gasteiger partial charge in [-0.3, -0.25) is 4.79 Å². The number of anilines is 1. The fourth-order valence-electron chi connectivity index (χ4n) is 2.45. The number of alkyl halides is 3. The van der Waals surface area contributed by atoms with Crippen molar-refractivity contribution in [3.05, 3.63) is 23.8 Å². The first-order valence-corrected chi connectivity index (χ1v) is 7.21. The number of piperidine rings is 1. The SMILES string of the molecule is COC1CCN(C(=O)c2ccc(OCC(F)(F)F)c(N)c2)CC1. The van der Waals surface area contributed by atoms with Crippen molar-refractivity contribution in [3.8, 4) is 5.75 Å². The first-order chi connectivity index (χ1) is 10.8. The third-order valence-electron chi connectivity index (χ3n) is 3.71. The van der Waals surface area contributed by atoms with Crippen LogP contribution in [0, 0.1) is 0 Å². The number of carbonyl (C=O) groups excluding carboxylic acids is 1. The number of amides is 1. The summed E-state index contributed by atoms with van der Waals surface area (Å²) < 4.78 is 46.3. The zero-order valence-corrected chi connectivity index (χ0v) is 12.7. The molecule has 1 saturated heterocycles. The van der Waals surface area contributed by atoms with Crippen LogP contribution in [-0.2, 0) is 4.74 Å². The van der Waals surface area contributed by atoms with Crippen LogP contribution in [0.15, 0.2) is 18.2 Å². The second-order valence-electron chi connectivity index (χ2n) is 5.38. The van der Waals surface area contributed by atoms with E-state index in [4.69, 9.17) is 10.5 Å². The van der Waals surface area contributed by atoms with E-state index >= 15 is 0 Å². The van der Waals surface area contributed by atoms with Gasteiger partial charge in [-0.15, -0.1) is 0 Å². The van der Waals surface area contributed by atoms with Crippen molar-refractivity contribution in [2.75, 3.05) is 32.5 Å². The van der Waals surface area contributed by atoms with Crippen LogP contribution in [-0.4, -0.2) is 49.9 Å². The lowest BCUT2D eigenvalue weighted by Gasteiger charge is -2.31. The molecule has 1 heterocycles. The number of hydrogen-bond acceptors (Lipinski definition) is 4. The highest BCUT2D eigenvalue weighted by Crippen LogP contribution is 2.26. The van der Waals surface area contributed by atoms with Gasteiger partial charge in [-0.1, -0.05) is 0 Å². The minimum atomic E-state index is -4.44. The predicted octanol–water partition coefficient (Wildman–Crippen LogP) is 2.46. The number of benzene rings is 1. The molecule has 0 radical (unpaired) electrons. The molecule has 128 valence electrons. The number of nitrogens with zero attached hydrogens (tertiary/aromatic N) is 1. The van der Waals surface area contributed by atoms with Crippen LogP contribution in [0.3, 0.4) is 0 Å². The van der Waals surface area contributed by atoms with Gasteiger partial charge in [0.2, 0.25) is 0 Å². The largest absolute Gasteiger partial charge is 0.482 e. The number of likely N-dealkylation sites (tertiary alicyclic amines) is 1. The number of carbonyl (C=O) groups is 1. The molecule has 0 atom stereocenters. The van der Waals surface area contributed by atoms with Crippen molar-refractivity contribution in [2.45, 2.75) is 25.1 Å². The summed E-state index contributed by atoms with van der Waals surface area (Å²) in [5.41, 5.74) is 6.02. The van der Waals surface area contributed by atoms with E-state index in [1.807, 2.05) is 0 Å². The van der Waals surface area contributed by atoms with E-state index in [0.717, 1.165) is 12.8 Å². The lowest BCUT2D eigenvalue weighted by atomic mass is 10.1. The fourth-order valence-corrected chi connectivity index (χ4v) is 2.45. The van der Waals surface area contributed by atoms with Gasteiger partial charge in [0.1, 0.15) is 5.75 Å². The minimum Gasteiger partial charge on any atom is -0.482 e. The molecule has 0 bridgehead atoms.